The molecular formula is C20H16Cl2N2OS. The Bertz CT molecular complexity index is 966. The van der Waals surface area contributed by atoms with Crippen LogP contribution in [0.4, 0.5) is 5.13 Å². The van der Waals surface area contributed by atoms with Gasteiger partial charge in [0.25, 0.3) is 0 Å². The average molecular weight is 403 g/mol. The highest BCUT2D eigenvalue weighted by Crippen LogP contribution is 2.27. The van der Waals surface area contributed by atoms with Crippen LogP contribution in [0, 0.1) is 6.92 Å². The topological polar surface area (TPSA) is 42.0 Å². The van der Waals surface area contributed by atoms with Gasteiger partial charge < -0.3 is 0 Å². The Kier molecular flexibility index (Phi) is 6.09. The molecule has 3 rings (SSSR count). The van der Waals surface area contributed by atoms with Gasteiger partial charge in [-0.1, -0.05) is 53.0 Å². The molecule has 132 valence electrons. The van der Waals surface area contributed by atoms with E-state index in [1.54, 1.807) is 24.4 Å². The van der Waals surface area contributed by atoms with E-state index in [1.165, 1.54) is 17.4 Å². The maximum Gasteiger partial charge on any atom is 0.250 e. The van der Waals surface area contributed by atoms with Crippen LogP contribution in [-0.2, 0) is 11.2 Å². The molecule has 0 saturated carbocycles. The second-order valence-corrected chi connectivity index (χ2v) is 7.74. The van der Waals surface area contributed by atoms with E-state index in [1.807, 2.05) is 37.3 Å². The Balaban J connectivity index is 1.63. The van der Waals surface area contributed by atoms with Gasteiger partial charge in [0.1, 0.15) is 0 Å². The van der Waals surface area contributed by atoms with Crippen molar-refractivity contribution in [2.24, 2.45) is 0 Å². The summed E-state index contributed by atoms with van der Waals surface area (Å²) in [5.74, 6) is -0.215. The Morgan fingerprint density at radius 2 is 2.08 bits per heavy atom. The molecule has 1 aromatic heterocycles. The van der Waals surface area contributed by atoms with Gasteiger partial charge in [0.05, 0.1) is 0 Å². The number of aromatic nitrogens is 1. The number of carbonyl (C=O) groups is 1. The molecule has 0 aliphatic heterocycles. The number of halogens is 2. The van der Waals surface area contributed by atoms with Crippen LogP contribution < -0.4 is 5.32 Å². The molecule has 0 spiro atoms. The third kappa shape index (κ3) is 5.18. The SMILES string of the molecule is Cc1cccc(C=CC(=O)Nc2ncc(Cc3cc(Cl)ccc3Cl)s2)c1. The smallest absolute Gasteiger partial charge is 0.250 e. The number of thiazole rings is 1. The van der Waals surface area contributed by atoms with E-state index < -0.39 is 0 Å². The van der Waals surface area contributed by atoms with Crippen molar-refractivity contribution in [3.63, 3.8) is 0 Å². The molecule has 0 radical (unpaired) electrons. The Morgan fingerprint density at radius 1 is 1.23 bits per heavy atom. The van der Waals surface area contributed by atoms with Crippen LogP contribution in [0.15, 0.2) is 54.7 Å². The molecular weight excluding hydrogens is 387 g/mol. The number of carbonyl (C=O) groups excluding carboxylic acids is 1. The highest BCUT2D eigenvalue weighted by Gasteiger charge is 2.08. The van der Waals surface area contributed by atoms with Gasteiger partial charge >= 0.3 is 0 Å². The van der Waals surface area contributed by atoms with Crippen LogP contribution in [-0.4, -0.2) is 10.9 Å². The molecule has 1 N–H and O–H groups in total. The van der Waals surface area contributed by atoms with Gasteiger partial charge in [-0.25, -0.2) is 4.98 Å². The van der Waals surface area contributed by atoms with Crippen molar-refractivity contribution >= 4 is 51.7 Å². The summed E-state index contributed by atoms with van der Waals surface area (Å²) in [6.45, 7) is 2.01. The summed E-state index contributed by atoms with van der Waals surface area (Å²) in [5.41, 5.74) is 3.06. The maximum atomic E-state index is 12.1. The highest BCUT2D eigenvalue weighted by molar-refractivity contribution is 7.15. The van der Waals surface area contributed by atoms with Gasteiger partial charge in [0.2, 0.25) is 5.91 Å². The first-order valence-electron chi connectivity index (χ1n) is 7.94. The minimum atomic E-state index is -0.215. The molecule has 1 amide bonds. The average Bonchev–Trinajstić information content (AvgIpc) is 3.03. The number of amides is 1. The zero-order valence-corrected chi connectivity index (χ0v) is 16.3. The first kappa shape index (κ1) is 18.6. The third-order valence-electron chi connectivity index (χ3n) is 3.63. The Hall–Kier alpha value is -2.14. The monoisotopic (exact) mass is 402 g/mol. The summed E-state index contributed by atoms with van der Waals surface area (Å²) in [6, 6.07) is 13.3. The fourth-order valence-corrected chi connectivity index (χ4v) is 3.62. The van der Waals surface area contributed by atoms with Gasteiger partial charge in [0.15, 0.2) is 5.13 Å². The lowest BCUT2D eigenvalue weighted by atomic mass is 10.1. The zero-order chi connectivity index (χ0) is 18.5. The standard InChI is InChI=1S/C20H16Cl2N2OS/c1-13-3-2-4-14(9-13)5-8-19(25)24-20-23-12-17(26-20)11-15-10-16(21)6-7-18(15)22/h2-10,12H,11H2,1H3,(H,23,24,25). The van der Waals surface area contributed by atoms with Crippen LogP contribution in [0.5, 0.6) is 0 Å². The van der Waals surface area contributed by atoms with E-state index in [4.69, 9.17) is 23.2 Å². The molecule has 0 bridgehead atoms. The molecule has 0 saturated heterocycles. The van der Waals surface area contributed by atoms with E-state index in [0.717, 1.165) is 21.6 Å². The molecule has 0 fully saturated rings. The first-order valence-corrected chi connectivity index (χ1v) is 9.51. The van der Waals surface area contributed by atoms with Crippen molar-refractivity contribution in [3.05, 3.63) is 86.4 Å². The van der Waals surface area contributed by atoms with Crippen LogP contribution in [0.1, 0.15) is 21.6 Å². The minimum absolute atomic E-state index is 0.215. The Labute approximate surface area is 166 Å². The summed E-state index contributed by atoms with van der Waals surface area (Å²) in [6.07, 6.45) is 5.64. The van der Waals surface area contributed by atoms with Crippen molar-refractivity contribution in [2.75, 3.05) is 5.32 Å². The van der Waals surface area contributed by atoms with Crippen molar-refractivity contribution < 1.29 is 4.79 Å². The molecule has 3 nitrogen and oxygen atoms in total. The molecule has 6 heteroatoms. The lowest BCUT2D eigenvalue weighted by Crippen LogP contribution is -2.07. The van der Waals surface area contributed by atoms with Crippen molar-refractivity contribution in [3.8, 4) is 0 Å². The molecule has 0 atom stereocenters. The van der Waals surface area contributed by atoms with E-state index in [0.29, 0.717) is 21.6 Å². The predicted octanol–water partition coefficient (Wildman–Crippen LogP) is 6.00. The number of hydrogen-bond donors (Lipinski definition) is 1. The van der Waals surface area contributed by atoms with Crippen LogP contribution in [0.3, 0.4) is 0 Å². The molecule has 0 unspecified atom stereocenters. The normalized spacial score (nSPS) is 11.0. The zero-order valence-electron chi connectivity index (χ0n) is 14.0. The van der Waals surface area contributed by atoms with Gasteiger partial charge in [-0.05, 0) is 42.3 Å². The van der Waals surface area contributed by atoms with E-state index in [2.05, 4.69) is 10.3 Å². The van der Waals surface area contributed by atoms with Crippen LogP contribution in [0.25, 0.3) is 6.08 Å². The minimum Gasteiger partial charge on any atom is -0.298 e. The molecule has 26 heavy (non-hydrogen) atoms. The summed E-state index contributed by atoms with van der Waals surface area (Å²) in [7, 11) is 0. The molecule has 1 heterocycles. The largest absolute Gasteiger partial charge is 0.298 e. The van der Waals surface area contributed by atoms with E-state index in [9.17, 15) is 4.79 Å². The number of benzene rings is 2. The number of aryl methyl sites for hydroxylation is 1. The van der Waals surface area contributed by atoms with Crippen molar-refractivity contribution in [1.29, 1.82) is 0 Å². The van der Waals surface area contributed by atoms with Gasteiger partial charge in [-0.15, -0.1) is 11.3 Å². The summed E-state index contributed by atoms with van der Waals surface area (Å²) < 4.78 is 0. The molecule has 0 aliphatic rings. The van der Waals surface area contributed by atoms with Crippen molar-refractivity contribution in [2.45, 2.75) is 13.3 Å². The van der Waals surface area contributed by atoms with Gasteiger partial charge in [-0.2, -0.15) is 0 Å². The van der Waals surface area contributed by atoms with Crippen molar-refractivity contribution in [1.82, 2.24) is 4.98 Å². The van der Waals surface area contributed by atoms with E-state index in [-0.39, 0.29) is 5.91 Å². The fraction of sp³-hybridized carbons (Fsp3) is 0.100. The van der Waals surface area contributed by atoms with Gasteiger partial charge in [-0.3, -0.25) is 10.1 Å². The maximum absolute atomic E-state index is 12.1. The first-order chi connectivity index (χ1) is 12.5. The predicted molar refractivity (Wildman–Crippen MR) is 110 cm³/mol. The fourth-order valence-electron chi connectivity index (χ4n) is 2.41. The summed E-state index contributed by atoms with van der Waals surface area (Å²) >= 11 is 13.6. The second kappa shape index (κ2) is 8.49. The van der Waals surface area contributed by atoms with E-state index >= 15 is 0 Å². The van der Waals surface area contributed by atoms with Crippen LogP contribution >= 0.6 is 34.5 Å². The molecule has 3 aromatic rings. The quantitative estimate of drug-likeness (QED) is 0.531. The Morgan fingerprint density at radius 3 is 2.88 bits per heavy atom. The highest BCUT2D eigenvalue weighted by atomic mass is 35.5. The molecule has 2 aromatic carbocycles. The summed E-state index contributed by atoms with van der Waals surface area (Å²) in [5, 5.41) is 4.64. The number of anilines is 1. The van der Waals surface area contributed by atoms with Crippen LogP contribution in [0.2, 0.25) is 10.0 Å². The number of hydrogen-bond acceptors (Lipinski definition) is 3. The number of nitrogens with one attached hydrogen (secondary N) is 1. The molecule has 0 aliphatic carbocycles. The summed E-state index contributed by atoms with van der Waals surface area (Å²) in [4.78, 5) is 17.3. The lowest BCUT2D eigenvalue weighted by molar-refractivity contribution is -0.111. The number of nitrogens with zero attached hydrogens (tertiary/aromatic N) is 1. The second-order valence-electron chi connectivity index (χ2n) is 5.78. The lowest BCUT2D eigenvalue weighted by Gasteiger charge is -2.02. The third-order valence-corrected chi connectivity index (χ3v) is 5.14. The van der Waals surface area contributed by atoms with Gasteiger partial charge in [0, 0.05) is 33.6 Å². The number of rotatable bonds is 5.